The molecule has 0 amide bonds. The molecule has 3 aromatic heterocycles. The summed E-state index contributed by atoms with van der Waals surface area (Å²) in [5, 5.41) is 5.42. The van der Waals surface area contributed by atoms with E-state index >= 15 is 0 Å². The van der Waals surface area contributed by atoms with Crippen LogP contribution in [0.25, 0.3) is 97.9 Å². The maximum atomic E-state index is 6.64. The van der Waals surface area contributed by atoms with Crippen molar-refractivity contribution in [1.29, 1.82) is 0 Å². The summed E-state index contributed by atoms with van der Waals surface area (Å²) in [5.41, 5.74) is 10.4. The average Bonchev–Trinajstić information content (AvgIpc) is 3.74. The second-order valence-electron chi connectivity index (χ2n) is 12.1. The predicted octanol–water partition coefficient (Wildman–Crippen LogP) is 12.6. The van der Waals surface area contributed by atoms with Crippen LogP contribution in [0.15, 0.2) is 162 Å². The Morgan fingerprint density at radius 3 is 1.90 bits per heavy atom. The number of nitrogens with zero attached hydrogens (tertiary/aromatic N) is 2. The van der Waals surface area contributed by atoms with E-state index in [1.54, 1.807) is 11.3 Å². The van der Waals surface area contributed by atoms with Gasteiger partial charge >= 0.3 is 0 Å². The van der Waals surface area contributed by atoms with Crippen molar-refractivity contribution >= 4 is 64.4 Å². The number of furan rings is 1. The van der Waals surface area contributed by atoms with Crippen LogP contribution < -0.4 is 0 Å². The van der Waals surface area contributed by atoms with Crippen molar-refractivity contribution in [2.24, 2.45) is 0 Å². The molecule has 224 valence electrons. The van der Waals surface area contributed by atoms with E-state index in [0.29, 0.717) is 5.82 Å². The van der Waals surface area contributed by atoms with Crippen molar-refractivity contribution in [3.8, 4) is 44.9 Å². The van der Waals surface area contributed by atoms with Crippen LogP contribution in [0.4, 0.5) is 0 Å². The molecule has 0 radical (unpaired) electrons. The lowest BCUT2D eigenvalue weighted by molar-refractivity contribution is 0.673. The van der Waals surface area contributed by atoms with Gasteiger partial charge in [0, 0.05) is 37.4 Å². The molecule has 48 heavy (non-hydrogen) atoms. The number of fused-ring (bicyclic) bond motifs is 8. The molecule has 0 aliphatic heterocycles. The highest BCUT2D eigenvalue weighted by Gasteiger charge is 2.21. The number of aromatic nitrogens is 2. The fourth-order valence-corrected chi connectivity index (χ4v) is 8.20. The van der Waals surface area contributed by atoms with Crippen molar-refractivity contribution in [1.82, 2.24) is 9.97 Å². The highest BCUT2D eigenvalue weighted by molar-refractivity contribution is 7.26. The van der Waals surface area contributed by atoms with Gasteiger partial charge in [0.25, 0.3) is 0 Å². The molecular formula is C44H26N2OS. The zero-order valence-electron chi connectivity index (χ0n) is 25.7. The molecule has 7 aromatic carbocycles. The van der Waals surface area contributed by atoms with E-state index < -0.39 is 0 Å². The van der Waals surface area contributed by atoms with E-state index in [4.69, 9.17) is 14.4 Å². The van der Waals surface area contributed by atoms with Gasteiger partial charge in [-0.3, -0.25) is 0 Å². The maximum Gasteiger partial charge on any atom is 0.161 e. The molecule has 0 unspecified atom stereocenters. The SMILES string of the molecule is c1ccc(-c2ccc(-c3nc(-c4cc5c(oc6cccc(-c7ccccc7)c65)c5ccccc45)nc4c3sc3ccccc34)cc2)cc1. The van der Waals surface area contributed by atoms with Crippen LogP contribution in [0.3, 0.4) is 0 Å². The van der Waals surface area contributed by atoms with Crippen LogP contribution in [0.5, 0.6) is 0 Å². The van der Waals surface area contributed by atoms with Crippen molar-refractivity contribution in [2.75, 3.05) is 0 Å². The summed E-state index contributed by atoms with van der Waals surface area (Å²) < 4.78 is 8.93. The van der Waals surface area contributed by atoms with E-state index in [2.05, 4.69) is 152 Å². The summed E-state index contributed by atoms with van der Waals surface area (Å²) in [6, 6.07) is 55.3. The topological polar surface area (TPSA) is 38.9 Å². The molecular weight excluding hydrogens is 605 g/mol. The highest BCUT2D eigenvalue weighted by Crippen LogP contribution is 2.44. The van der Waals surface area contributed by atoms with E-state index in [1.165, 1.54) is 15.8 Å². The van der Waals surface area contributed by atoms with E-state index in [9.17, 15) is 0 Å². The van der Waals surface area contributed by atoms with Crippen LogP contribution >= 0.6 is 11.3 Å². The first kappa shape index (κ1) is 27.1. The molecule has 0 spiro atoms. The molecule has 0 atom stereocenters. The molecule has 10 rings (SSSR count). The fourth-order valence-electron chi connectivity index (χ4n) is 7.05. The summed E-state index contributed by atoms with van der Waals surface area (Å²) in [7, 11) is 0. The van der Waals surface area contributed by atoms with E-state index in [1.807, 2.05) is 6.07 Å². The lowest BCUT2D eigenvalue weighted by Crippen LogP contribution is -1.95. The van der Waals surface area contributed by atoms with E-state index in [-0.39, 0.29) is 0 Å². The average molecular weight is 631 g/mol. The lowest BCUT2D eigenvalue weighted by atomic mass is 9.95. The molecule has 10 aromatic rings. The zero-order chi connectivity index (χ0) is 31.6. The Labute approximate surface area is 280 Å². The molecule has 0 aliphatic carbocycles. The van der Waals surface area contributed by atoms with Crippen LogP contribution in [0.1, 0.15) is 0 Å². The number of hydrogen-bond donors (Lipinski definition) is 0. The van der Waals surface area contributed by atoms with Gasteiger partial charge in [-0.25, -0.2) is 9.97 Å². The minimum atomic E-state index is 0.706. The van der Waals surface area contributed by atoms with Crippen molar-refractivity contribution < 1.29 is 4.42 Å². The molecule has 0 bridgehead atoms. The van der Waals surface area contributed by atoms with Crippen molar-refractivity contribution in [3.05, 3.63) is 158 Å². The highest BCUT2D eigenvalue weighted by atomic mass is 32.1. The summed E-state index contributed by atoms with van der Waals surface area (Å²) >= 11 is 1.76. The number of benzene rings is 7. The molecule has 0 aliphatic rings. The van der Waals surface area contributed by atoms with Gasteiger partial charge in [-0.2, -0.15) is 0 Å². The zero-order valence-corrected chi connectivity index (χ0v) is 26.5. The van der Waals surface area contributed by atoms with Crippen LogP contribution in [0, 0.1) is 0 Å². The van der Waals surface area contributed by atoms with Gasteiger partial charge in [-0.05, 0) is 45.8 Å². The summed E-state index contributed by atoms with van der Waals surface area (Å²) in [6.07, 6.45) is 0. The fraction of sp³-hybridized carbons (Fsp3) is 0. The van der Waals surface area contributed by atoms with Crippen LogP contribution in [-0.2, 0) is 0 Å². The van der Waals surface area contributed by atoms with Gasteiger partial charge in [0.2, 0.25) is 0 Å². The van der Waals surface area contributed by atoms with Gasteiger partial charge in [0.1, 0.15) is 11.2 Å². The van der Waals surface area contributed by atoms with E-state index in [0.717, 1.165) is 76.3 Å². The monoisotopic (exact) mass is 630 g/mol. The third-order valence-corrected chi connectivity index (χ3v) is 10.5. The van der Waals surface area contributed by atoms with Gasteiger partial charge in [0.15, 0.2) is 5.82 Å². The first-order valence-corrected chi connectivity index (χ1v) is 16.9. The Morgan fingerprint density at radius 1 is 0.458 bits per heavy atom. The molecule has 0 N–H and O–H groups in total. The Kier molecular flexibility index (Phi) is 6.05. The van der Waals surface area contributed by atoms with Crippen LogP contribution in [-0.4, -0.2) is 9.97 Å². The minimum absolute atomic E-state index is 0.706. The molecule has 0 saturated heterocycles. The molecule has 0 saturated carbocycles. The first-order valence-electron chi connectivity index (χ1n) is 16.1. The first-order chi connectivity index (χ1) is 23.8. The normalized spacial score (nSPS) is 11.8. The number of rotatable bonds is 4. The smallest absolute Gasteiger partial charge is 0.161 e. The number of hydrogen-bond acceptors (Lipinski definition) is 4. The number of thiophene rings is 1. The standard InChI is InChI=1S/C44H26N2OS/c1-3-12-27(13-4-1)28-22-24-30(25-23-28)40-43-41(34-18-9-10-21-38(34)48-43)46-44(45-40)35-26-36-39-31(29-14-5-2-6-15-29)19-11-20-37(39)47-42(36)33-17-8-7-16-32(33)35/h1-26H. The van der Waals surface area contributed by atoms with Crippen LogP contribution in [0.2, 0.25) is 0 Å². The summed E-state index contributed by atoms with van der Waals surface area (Å²) in [5.74, 6) is 0.706. The molecule has 3 nitrogen and oxygen atoms in total. The third-order valence-electron chi connectivity index (χ3n) is 9.31. The predicted molar refractivity (Wildman–Crippen MR) is 201 cm³/mol. The van der Waals surface area contributed by atoms with Gasteiger partial charge in [-0.15, -0.1) is 11.3 Å². The third kappa shape index (κ3) is 4.20. The second kappa shape index (κ2) is 10.7. The van der Waals surface area contributed by atoms with Gasteiger partial charge < -0.3 is 4.42 Å². The van der Waals surface area contributed by atoms with Gasteiger partial charge in [0.05, 0.1) is 15.9 Å². The Morgan fingerprint density at radius 2 is 1.10 bits per heavy atom. The quantitative estimate of drug-likeness (QED) is 0.194. The Balaban J connectivity index is 1.27. The molecule has 0 fully saturated rings. The largest absolute Gasteiger partial charge is 0.455 e. The second-order valence-corrected chi connectivity index (χ2v) is 13.2. The Bertz CT molecular complexity index is 2820. The molecule has 4 heteroatoms. The summed E-state index contributed by atoms with van der Waals surface area (Å²) in [4.78, 5) is 10.8. The van der Waals surface area contributed by atoms with Gasteiger partial charge in [-0.1, -0.05) is 140 Å². The summed E-state index contributed by atoms with van der Waals surface area (Å²) in [6.45, 7) is 0. The minimum Gasteiger partial charge on any atom is -0.455 e. The maximum absolute atomic E-state index is 6.64. The molecule has 3 heterocycles. The van der Waals surface area contributed by atoms with Crippen molar-refractivity contribution in [3.63, 3.8) is 0 Å². The Hall–Kier alpha value is -6.10. The lowest BCUT2D eigenvalue weighted by Gasteiger charge is -2.11. The van der Waals surface area contributed by atoms with Crippen molar-refractivity contribution in [2.45, 2.75) is 0 Å².